The van der Waals surface area contributed by atoms with Gasteiger partial charge in [0.2, 0.25) is 0 Å². The van der Waals surface area contributed by atoms with Gasteiger partial charge in [-0.25, -0.2) is 0 Å². The van der Waals surface area contributed by atoms with Gasteiger partial charge in [0.05, 0.1) is 10.7 Å². The van der Waals surface area contributed by atoms with Gasteiger partial charge < -0.3 is 19.3 Å². The monoisotopic (exact) mass is 593 g/mol. The minimum Gasteiger partial charge on any atom is -0.493 e. The van der Waals surface area contributed by atoms with Crippen molar-refractivity contribution < 1.29 is 14.3 Å². The molecule has 0 spiro atoms. The number of rotatable bonds is 7. The van der Waals surface area contributed by atoms with Crippen LogP contribution in [0.5, 0.6) is 11.5 Å². The van der Waals surface area contributed by atoms with Gasteiger partial charge in [-0.05, 0) is 71.0 Å². The number of hydrogen-bond donors (Lipinski definition) is 0. The summed E-state index contributed by atoms with van der Waals surface area (Å²) < 4.78 is 12.5. The maximum Gasteiger partial charge on any atom is 0.264 e. The molecule has 0 atom stereocenters. The van der Waals surface area contributed by atoms with E-state index in [0.29, 0.717) is 36.8 Å². The van der Waals surface area contributed by atoms with Crippen molar-refractivity contribution in [1.82, 2.24) is 4.90 Å². The minimum absolute atomic E-state index is 0.106. The highest BCUT2D eigenvalue weighted by Crippen LogP contribution is 2.35. The Hall–Kier alpha value is -3.51. The third kappa shape index (κ3) is 6.18. The van der Waals surface area contributed by atoms with E-state index in [4.69, 9.17) is 9.47 Å². The average molecular weight is 593 g/mol. The number of piperazine rings is 1. The van der Waals surface area contributed by atoms with Crippen LogP contribution >= 0.6 is 22.6 Å². The van der Waals surface area contributed by atoms with Crippen LogP contribution in [0, 0.1) is 21.8 Å². The lowest BCUT2D eigenvalue weighted by atomic mass is 10.1. The number of benzene rings is 3. The Morgan fingerprint density at radius 3 is 2.47 bits per heavy atom. The van der Waals surface area contributed by atoms with Crippen molar-refractivity contribution in [1.29, 1.82) is 5.26 Å². The Labute approximate surface area is 225 Å². The molecule has 4 rings (SSSR count). The molecule has 0 aromatic heterocycles. The lowest BCUT2D eigenvalue weighted by Gasteiger charge is -2.36. The molecular weight excluding hydrogens is 565 g/mol. The minimum atomic E-state index is -0.251. The standard InChI is InChI=1S/C29H28IN3O3/c1-21-7-6-8-22(15-21)20-36-28-26(30)17-23(18-27(28)35-2)16-24(19-31)29(34)33-13-11-32(12-14-33)25-9-4-3-5-10-25/h3-10,15-18H,11-14,20H2,1-2H3/b24-16-. The maximum absolute atomic E-state index is 13.1. The third-order valence-electron chi connectivity index (χ3n) is 6.07. The molecule has 1 fully saturated rings. The number of halogens is 1. The first-order chi connectivity index (χ1) is 17.5. The van der Waals surface area contributed by atoms with E-state index in [2.05, 4.69) is 51.8 Å². The summed E-state index contributed by atoms with van der Waals surface area (Å²) in [5, 5.41) is 9.77. The van der Waals surface area contributed by atoms with Crippen LogP contribution in [-0.2, 0) is 11.4 Å². The number of carbonyl (C=O) groups is 1. The molecule has 0 radical (unpaired) electrons. The van der Waals surface area contributed by atoms with E-state index >= 15 is 0 Å². The lowest BCUT2D eigenvalue weighted by molar-refractivity contribution is -0.126. The van der Waals surface area contributed by atoms with Crippen molar-refractivity contribution in [3.8, 4) is 17.6 Å². The van der Waals surface area contributed by atoms with Gasteiger partial charge in [0.15, 0.2) is 11.5 Å². The Bertz CT molecular complexity index is 1290. The zero-order valence-electron chi connectivity index (χ0n) is 20.4. The topological polar surface area (TPSA) is 65.8 Å². The number of amides is 1. The quantitative estimate of drug-likeness (QED) is 0.207. The van der Waals surface area contributed by atoms with Crippen molar-refractivity contribution in [3.63, 3.8) is 0 Å². The van der Waals surface area contributed by atoms with Crippen LogP contribution in [0.3, 0.4) is 0 Å². The molecule has 3 aromatic carbocycles. The largest absolute Gasteiger partial charge is 0.493 e. The Morgan fingerprint density at radius 1 is 1.06 bits per heavy atom. The lowest BCUT2D eigenvalue weighted by Crippen LogP contribution is -2.49. The van der Waals surface area contributed by atoms with Gasteiger partial charge in [0, 0.05) is 31.9 Å². The summed E-state index contributed by atoms with van der Waals surface area (Å²) in [6.07, 6.45) is 1.63. The van der Waals surface area contributed by atoms with E-state index in [1.165, 1.54) is 5.56 Å². The number of nitriles is 1. The van der Waals surface area contributed by atoms with E-state index in [9.17, 15) is 10.1 Å². The maximum atomic E-state index is 13.1. The van der Waals surface area contributed by atoms with Gasteiger partial charge in [0.1, 0.15) is 18.2 Å². The number of nitrogens with zero attached hydrogens (tertiary/aromatic N) is 3. The predicted molar refractivity (Wildman–Crippen MR) is 150 cm³/mol. The van der Waals surface area contributed by atoms with Gasteiger partial charge in [-0.15, -0.1) is 0 Å². The van der Waals surface area contributed by atoms with E-state index < -0.39 is 0 Å². The summed E-state index contributed by atoms with van der Waals surface area (Å²) in [5.41, 5.74) is 4.21. The van der Waals surface area contributed by atoms with E-state index in [0.717, 1.165) is 27.9 Å². The van der Waals surface area contributed by atoms with Crippen molar-refractivity contribution >= 4 is 40.3 Å². The molecule has 1 aliphatic rings. The fourth-order valence-electron chi connectivity index (χ4n) is 4.21. The van der Waals surface area contributed by atoms with Crippen molar-refractivity contribution in [2.75, 3.05) is 38.2 Å². The second-order valence-electron chi connectivity index (χ2n) is 8.60. The molecule has 1 saturated heterocycles. The summed E-state index contributed by atoms with van der Waals surface area (Å²) >= 11 is 2.19. The second-order valence-corrected chi connectivity index (χ2v) is 9.76. The summed E-state index contributed by atoms with van der Waals surface area (Å²) in [7, 11) is 1.58. The zero-order valence-corrected chi connectivity index (χ0v) is 22.6. The average Bonchev–Trinajstić information content (AvgIpc) is 2.91. The Morgan fingerprint density at radius 2 is 1.81 bits per heavy atom. The third-order valence-corrected chi connectivity index (χ3v) is 6.87. The smallest absolute Gasteiger partial charge is 0.264 e. The van der Waals surface area contributed by atoms with Crippen LogP contribution in [0.1, 0.15) is 16.7 Å². The molecule has 7 heteroatoms. The van der Waals surface area contributed by atoms with Gasteiger partial charge in [-0.2, -0.15) is 5.26 Å². The zero-order chi connectivity index (χ0) is 25.5. The van der Waals surface area contributed by atoms with Crippen molar-refractivity contribution in [2.24, 2.45) is 0 Å². The second kappa shape index (κ2) is 12.0. The molecule has 6 nitrogen and oxygen atoms in total. The van der Waals surface area contributed by atoms with Gasteiger partial charge in [-0.3, -0.25) is 4.79 Å². The molecule has 0 aliphatic carbocycles. The summed E-state index contributed by atoms with van der Waals surface area (Å²) in [5.74, 6) is 0.944. The molecule has 3 aromatic rings. The summed E-state index contributed by atoms with van der Waals surface area (Å²) in [4.78, 5) is 17.1. The molecule has 1 heterocycles. The predicted octanol–water partition coefficient (Wildman–Crippen LogP) is 5.44. The number of carbonyl (C=O) groups excluding carboxylic acids is 1. The number of methoxy groups -OCH3 is 1. The Kier molecular flexibility index (Phi) is 8.49. The van der Waals surface area contributed by atoms with Crippen LogP contribution in [0.15, 0.2) is 72.3 Å². The molecule has 0 bridgehead atoms. The number of para-hydroxylation sites is 1. The SMILES string of the molecule is COc1cc(/C=C(/C#N)C(=O)N2CCN(c3ccccc3)CC2)cc(I)c1OCc1cccc(C)c1. The van der Waals surface area contributed by atoms with Crippen LogP contribution in [0.25, 0.3) is 6.08 Å². The molecule has 36 heavy (non-hydrogen) atoms. The van der Waals surface area contributed by atoms with Gasteiger partial charge in [-0.1, -0.05) is 48.0 Å². The van der Waals surface area contributed by atoms with Crippen LogP contribution in [0.4, 0.5) is 5.69 Å². The van der Waals surface area contributed by atoms with Crippen LogP contribution in [0.2, 0.25) is 0 Å². The first-order valence-electron chi connectivity index (χ1n) is 11.8. The first kappa shape index (κ1) is 25.6. The highest BCUT2D eigenvalue weighted by molar-refractivity contribution is 14.1. The fraction of sp³-hybridized carbons (Fsp3) is 0.241. The fourth-order valence-corrected chi connectivity index (χ4v) is 4.99. The van der Waals surface area contributed by atoms with Crippen LogP contribution in [-0.4, -0.2) is 44.1 Å². The number of ether oxygens (including phenoxy) is 2. The molecule has 0 unspecified atom stereocenters. The van der Waals surface area contributed by atoms with E-state index in [1.807, 2.05) is 49.4 Å². The van der Waals surface area contributed by atoms with Crippen LogP contribution < -0.4 is 14.4 Å². The summed E-state index contributed by atoms with van der Waals surface area (Å²) in [6, 6.07) is 24.1. The van der Waals surface area contributed by atoms with E-state index in [-0.39, 0.29) is 11.5 Å². The normalized spacial score (nSPS) is 13.8. The number of hydrogen-bond acceptors (Lipinski definition) is 5. The van der Waals surface area contributed by atoms with Crippen molar-refractivity contribution in [3.05, 3.63) is 92.6 Å². The highest BCUT2D eigenvalue weighted by Gasteiger charge is 2.24. The van der Waals surface area contributed by atoms with Crippen molar-refractivity contribution in [2.45, 2.75) is 13.5 Å². The molecule has 0 N–H and O–H groups in total. The Balaban J connectivity index is 1.47. The molecule has 0 saturated carbocycles. The molecular formula is C29H28IN3O3. The van der Waals surface area contributed by atoms with Gasteiger partial charge in [0.25, 0.3) is 5.91 Å². The van der Waals surface area contributed by atoms with Gasteiger partial charge >= 0.3 is 0 Å². The molecule has 1 amide bonds. The summed E-state index contributed by atoms with van der Waals surface area (Å²) in [6.45, 7) is 5.06. The van der Waals surface area contributed by atoms with E-state index in [1.54, 1.807) is 24.2 Å². The molecule has 1 aliphatic heterocycles. The number of aryl methyl sites for hydroxylation is 1. The highest BCUT2D eigenvalue weighted by atomic mass is 127. The first-order valence-corrected chi connectivity index (χ1v) is 12.8. The number of anilines is 1. The molecule has 184 valence electrons.